The molecule has 2 aromatic rings. The molecule has 0 spiro atoms. The van der Waals surface area contributed by atoms with Crippen LogP contribution in [0.5, 0.6) is 0 Å². The van der Waals surface area contributed by atoms with Crippen LogP contribution in [0.15, 0.2) is 23.1 Å². The molecule has 30 heavy (non-hydrogen) atoms. The van der Waals surface area contributed by atoms with E-state index in [4.69, 9.17) is 0 Å². The molecule has 3 rings (SSSR count). The van der Waals surface area contributed by atoms with E-state index in [0.29, 0.717) is 31.6 Å². The van der Waals surface area contributed by atoms with Crippen LogP contribution in [0, 0.1) is 0 Å². The number of nitrogens with zero attached hydrogens (tertiary/aromatic N) is 3. The fraction of sp³-hybridized carbons (Fsp3) is 0.550. The Labute approximate surface area is 176 Å². The maximum absolute atomic E-state index is 12.9. The number of sulfonamides is 1. The number of hydrogen-bond donors (Lipinski definition) is 1. The highest BCUT2D eigenvalue weighted by molar-refractivity contribution is 7.89. The summed E-state index contributed by atoms with van der Waals surface area (Å²) in [5, 5.41) is 2.51. The van der Waals surface area contributed by atoms with Gasteiger partial charge in [0, 0.05) is 32.5 Å². The summed E-state index contributed by atoms with van der Waals surface area (Å²) in [4.78, 5) is 28.0. The number of esters is 1. The predicted molar refractivity (Wildman–Crippen MR) is 111 cm³/mol. The third kappa shape index (κ3) is 4.81. The van der Waals surface area contributed by atoms with Crippen molar-refractivity contribution >= 4 is 32.9 Å². The Morgan fingerprint density at radius 2 is 1.97 bits per heavy atom. The average Bonchev–Trinajstić information content (AvgIpc) is 3.39. The number of methoxy groups -OCH3 is 1. The van der Waals surface area contributed by atoms with Crippen LogP contribution >= 0.6 is 0 Å². The number of rotatable bonds is 9. The first-order valence-corrected chi connectivity index (χ1v) is 11.6. The van der Waals surface area contributed by atoms with Gasteiger partial charge in [-0.1, -0.05) is 6.92 Å². The Balaban J connectivity index is 1.81. The number of imidazole rings is 1. The van der Waals surface area contributed by atoms with Crippen LogP contribution in [-0.4, -0.2) is 60.9 Å². The minimum absolute atomic E-state index is 0.168. The van der Waals surface area contributed by atoms with Crippen molar-refractivity contribution in [2.75, 3.05) is 26.7 Å². The van der Waals surface area contributed by atoms with E-state index in [1.165, 1.54) is 11.4 Å². The van der Waals surface area contributed by atoms with Crippen LogP contribution in [0.2, 0.25) is 0 Å². The Hall–Kier alpha value is -2.46. The summed E-state index contributed by atoms with van der Waals surface area (Å²) in [6.07, 6.45) is 3.20. The van der Waals surface area contributed by atoms with Gasteiger partial charge in [-0.2, -0.15) is 4.31 Å². The number of carbonyl (C=O) groups is 2. The maximum Gasteiger partial charge on any atom is 0.325 e. The molecule has 0 aliphatic carbocycles. The van der Waals surface area contributed by atoms with Crippen LogP contribution in [-0.2, 0) is 37.3 Å². The largest absolute Gasteiger partial charge is 0.468 e. The Morgan fingerprint density at radius 3 is 2.63 bits per heavy atom. The maximum atomic E-state index is 12.9. The highest BCUT2D eigenvalue weighted by Crippen LogP contribution is 2.25. The minimum Gasteiger partial charge on any atom is -0.468 e. The SMILES string of the molecule is CCCn1c(CCC(=O)NCC(=O)OC)nc2cc(S(=O)(=O)N3CCCC3)ccc21. The lowest BCUT2D eigenvalue weighted by Gasteiger charge is -2.15. The van der Waals surface area contributed by atoms with Gasteiger partial charge in [-0.15, -0.1) is 0 Å². The second-order valence-corrected chi connectivity index (χ2v) is 9.23. The molecule has 1 N–H and O–H groups in total. The van der Waals surface area contributed by atoms with Gasteiger partial charge in [0.05, 0.1) is 23.0 Å². The van der Waals surface area contributed by atoms with Gasteiger partial charge in [-0.3, -0.25) is 9.59 Å². The Bertz CT molecular complexity index is 1030. The molecule has 1 saturated heterocycles. The molecule has 0 bridgehead atoms. The highest BCUT2D eigenvalue weighted by Gasteiger charge is 2.27. The number of aromatic nitrogens is 2. The number of fused-ring (bicyclic) bond motifs is 1. The Kier molecular flexibility index (Phi) is 7.09. The number of hydrogen-bond acceptors (Lipinski definition) is 6. The highest BCUT2D eigenvalue weighted by atomic mass is 32.2. The zero-order valence-electron chi connectivity index (χ0n) is 17.4. The lowest BCUT2D eigenvalue weighted by molar-refractivity contribution is -0.141. The van der Waals surface area contributed by atoms with Crippen LogP contribution in [0.1, 0.15) is 38.4 Å². The summed E-state index contributed by atoms with van der Waals surface area (Å²) < 4.78 is 33.8. The van der Waals surface area contributed by atoms with Crippen molar-refractivity contribution in [3.8, 4) is 0 Å². The molecule has 1 aliphatic rings. The minimum atomic E-state index is -3.51. The Morgan fingerprint density at radius 1 is 1.23 bits per heavy atom. The van der Waals surface area contributed by atoms with E-state index in [0.717, 1.165) is 30.6 Å². The first kappa shape index (κ1) is 22.2. The normalized spacial score (nSPS) is 14.9. The quantitative estimate of drug-likeness (QED) is 0.596. The molecule has 1 aromatic carbocycles. The van der Waals surface area contributed by atoms with Crippen molar-refractivity contribution in [2.45, 2.75) is 50.5 Å². The van der Waals surface area contributed by atoms with Gasteiger partial charge in [0.2, 0.25) is 15.9 Å². The molecule has 0 unspecified atom stereocenters. The molecular weight excluding hydrogens is 408 g/mol. The van der Waals surface area contributed by atoms with E-state index in [1.807, 2.05) is 11.5 Å². The third-order valence-corrected chi connectivity index (χ3v) is 7.08. The monoisotopic (exact) mass is 436 g/mol. The van der Waals surface area contributed by atoms with Crippen molar-refractivity contribution in [1.82, 2.24) is 19.2 Å². The fourth-order valence-electron chi connectivity index (χ4n) is 3.62. The van der Waals surface area contributed by atoms with Crippen molar-refractivity contribution < 1.29 is 22.7 Å². The molecule has 0 saturated carbocycles. The summed E-state index contributed by atoms with van der Waals surface area (Å²) in [5.41, 5.74) is 1.45. The van der Waals surface area contributed by atoms with Crippen LogP contribution < -0.4 is 5.32 Å². The zero-order chi connectivity index (χ0) is 21.7. The van der Waals surface area contributed by atoms with Gasteiger partial charge < -0.3 is 14.6 Å². The summed E-state index contributed by atoms with van der Waals surface area (Å²) in [7, 11) is -2.25. The number of carbonyl (C=O) groups excluding carboxylic acids is 2. The first-order valence-electron chi connectivity index (χ1n) is 10.2. The molecular formula is C20H28N4O5S. The lowest BCUT2D eigenvalue weighted by Crippen LogP contribution is -2.30. The smallest absolute Gasteiger partial charge is 0.325 e. The molecule has 0 radical (unpaired) electrons. The number of benzene rings is 1. The van der Waals surface area contributed by atoms with Crippen molar-refractivity contribution in [3.63, 3.8) is 0 Å². The van der Waals surface area contributed by atoms with Gasteiger partial charge in [0.15, 0.2) is 0 Å². The number of ether oxygens (including phenoxy) is 1. The summed E-state index contributed by atoms with van der Waals surface area (Å²) in [5.74, 6) is -0.0584. The molecule has 164 valence electrons. The van der Waals surface area contributed by atoms with E-state index in [-0.39, 0.29) is 23.8 Å². The van der Waals surface area contributed by atoms with Crippen molar-refractivity contribution in [1.29, 1.82) is 0 Å². The van der Waals surface area contributed by atoms with E-state index in [1.54, 1.807) is 18.2 Å². The van der Waals surface area contributed by atoms with E-state index in [9.17, 15) is 18.0 Å². The number of aryl methyl sites for hydroxylation is 2. The summed E-state index contributed by atoms with van der Waals surface area (Å²) in [6.45, 7) is 3.70. The molecule has 2 heterocycles. The average molecular weight is 437 g/mol. The lowest BCUT2D eigenvalue weighted by atomic mass is 10.2. The standard InChI is InChI=1S/C20H28N4O5S/c1-3-10-24-17-7-6-15(30(27,28)23-11-4-5-12-23)13-16(17)22-18(24)8-9-19(25)21-14-20(26)29-2/h6-7,13H,3-5,8-12,14H2,1-2H3,(H,21,25). The van der Waals surface area contributed by atoms with Crippen LogP contribution in [0.25, 0.3) is 11.0 Å². The second-order valence-electron chi connectivity index (χ2n) is 7.29. The van der Waals surface area contributed by atoms with E-state index >= 15 is 0 Å². The molecule has 1 aromatic heterocycles. The van der Waals surface area contributed by atoms with Crippen LogP contribution in [0.4, 0.5) is 0 Å². The van der Waals surface area contributed by atoms with Gasteiger partial charge in [0.1, 0.15) is 12.4 Å². The topological polar surface area (TPSA) is 111 Å². The zero-order valence-corrected chi connectivity index (χ0v) is 18.2. The predicted octanol–water partition coefficient (Wildman–Crippen LogP) is 1.45. The van der Waals surface area contributed by atoms with Gasteiger partial charge in [-0.25, -0.2) is 13.4 Å². The second kappa shape index (κ2) is 9.57. The molecule has 10 heteroatoms. The molecule has 0 atom stereocenters. The van der Waals surface area contributed by atoms with E-state index < -0.39 is 16.0 Å². The van der Waals surface area contributed by atoms with Gasteiger partial charge >= 0.3 is 5.97 Å². The van der Waals surface area contributed by atoms with Gasteiger partial charge in [-0.05, 0) is 37.5 Å². The summed E-state index contributed by atoms with van der Waals surface area (Å²) in [6, 6.07) is 5.05. The van der Waals surface area contributed by atoms with Crippen LogP contribution in [0.3, 0.4) is 0 Å². The van der Waals surface area contributed by atoms with E-state index in [2.05, 4.69) is 15.0 Å². The molecule has 1 fully saturated rings. The third-order valence-electron chi connectivity index (χ3n) is 5.18. The number of nitrogens with one attached hydrogen (secondary N) is 1. The van der Waals surface area contributed by atoms with Crippen molar-refractivity contribution in [2.24, 2.45) is 0 Å². The number of amides is 1. The molecule has 1 amide bonds. The molecule has 1 aliphatic heterocycles. The van der Waals surface area contributed by atoms with Gasteiger partial charge in [0.25, 0.3) is 0 Å². The molecule has 9 nitrogen and oxygen atoms in total. The van der Waals surface area contributed by atoms with Crippen molar-refractivity contribution in [3.05, 3.63) is 24.0 Å². The summed E-state index contributed by atoms with van der Waals surface area (Å²) >= 11 is 0. The fourth-order valence-corrected chi connectivity index (χ4v) is 5.16. The first-order chi connectivity index (χ1) is 14.4.